The Morgan fingerprint density at radius 1 is 1.05 bits per heavy atom. The SMILES string of the molecule is BrCc1cc(OCCSc2ccccc2)ccc1Br. The first kappa shape index (κ1) is 14.9. The first-order chi connectivity index (χ1) is 9.29. The minimum absolute atomic E-state index is 0.711. The second-order valence-electron chi connectivity index (χ2n) is 3.90. The molecule has 0 atom stereocenters. The fourth-order valence-electron chi connectivity index (χ4n) is 1.58. The summed E-state index contributed by atoms with van der Waals surface area (Å²) >= 11 is 8.79. The lowest BCUT2D eigenvalue weighted by Gasteiger charge is -2.08. The van der Waals surface area contributed by atoms with Crippen LogP contribution in [0.15, 0.2) is 57.9 Å². The van der Waals surface area contributed by atoms with Gasteiger partial charge in [0.05, 0.1) is 6.61 Å². The first-order valence-electron chi connectivity index (χ1n) is 5.94. The third-order valence-corrected chi connectivity index (χ3v) is 4.88. The van der Waals surface area contributed by atoms with Gasteiger partial charge in [-0.2, -0.15) is 0 Å². The normalized spacial score (nSPS) is 10.4. The van der Waals surface area contributed by atoms with E-state index in [4.69, 9.17) is 4.74 Å². The van der Waals surface area contributed by atoms with Gasteiger partial charge in [-0.1, -0.05) is 50.1 Å². The molecule has 0 aliphatic rings. The molecule has 0 amide bonds. The second-order valence-corrected chi connectivity index (χ2v) is 6.48. The van der Waals surface area contributed by atoms with Crippen LogP contribution in [-0.4, -0.2) is 12.4 Å². The Kier molecular flexibility index (Phi) is 6.28. The van der Waals surface area contributed by atoms with Crippen LogP contribution in [0.25, 0.3) is 0 Å². The standard InChI is InChI=1S/C15H14Br2OS/c16-11-12-10-13(6-7-15(12)17)18-8-9-19-14-4-2-1-3-5-14/h1-7,10H,8-9,11H2. The Morgan fingerprint density at radius 3 is 2.58 bits per heavy atom. The van der Waals surface area contributed by atoms with Crippen LogP contribution in [0.3, 0.4) is 0 Å². The highest BCUT2D eigenvalue weighted by molar-refractivity contribution is 9.10. The maximum Gasteiger partial charge on any atom is 0.119 e. The molecule has 0 heterocycles. The van der Waals surface area contributed by atoms with Crippen LogP contribution in [0, 0.1) is 0 Å². The molecule has 0 unspecified atom stereocenters. The lowest BCUT2D eigenvalue weighted by atomic mass is 10.2. The highest BCUT2D eigenvalue weighted by Crippen LogP contribution is 2.25. The largest absolute Gasteiger partial charge is 0.493 e. The third-order valence-electron chi connectivity index (χ3n) is 2.53. The van der Waals surface area contributed by atoms with Crippen molar-refractivity contribution < 1.29 is 4.74 Å². The number of ether oxygens (including phenoxy) is 1. The highest BCUT2D eigenvalue weighted by Gasteiger charge is 2.01. The number of benzene rings is 2. The molecule has 0 radical (unpaired) electrons. The van der Waals surface area contributed by atoms with Crippen LogP contribution in [0.1, 0.15) is 5.56 Å². The Hall–Kier alpha value is -0.450. The molecule has 2 aromatic rings. The Labute approximate surface area is 135 Å². The molecule has 0 aliphatic heterocycles. The molecule has 0 spiro atoms. The molecule has 0 bridgehead atoms. The van der Waals surface area contributed by atoms with E-state index in [1.165, 1.54) is 10.5 Å². The van der Waals surface area contributed by atoms with Gasteiger partial charge in [0.15, 0.2) is 0 Å². The van der Waals surface area contributed by atoms with Gasteiger partial charge >= 0.3 is 0 Å². The average Bonchev–Trinajstić information content (AvgIpc) is 2.46. The molecule has 2 rings (SSSR count). The van der Waals surface area contributed by atoms with Gasteiger partial charge in [-0.15, -0.1) is 11.8 Å². The van der Waals surface area contributed by atoms with E-state index in [0.717, 1.165) is 21.3 Å². The fraction of sp³-hybridized carbons (Fsp3) is 0.200. The van der Waals surface area contributed by atoms with Crippen molar-refractivity contribution in [3.63, 3.8) is 0 Å². The number of rotatable bonds is 6. The summed E-state index contributed by atoms with van der Waals surface area (Å²) in [7, 11) is 0. The van der Waals surface area contributed by atoms with Gasteiger partial charge < -0.3 is 4.74 Å². The van der Waals surface area contributed by atoms with Crippen molar-refractivity contribution in [2.75, 3.05) is 12.4 Å². The smallest absolute Gasteiger partial charge is 0.119 e. The maximum absolute atomic E-state index is 5.76. The van der Waals surface area contributed by atoms with Gasteiger partial charge in [0.2, 0.25) is 0 Å². The summed E-state index contributed by atoms with van der Waals surface area (Å²) in [5, 5.41) is 0.823. The van der Waals surface area contributed by atoms with Crippen LogP contribution in [0.2, 0.25) is 0 Å². The zero-order valence-electron chi connectivity index (χ0n) is 10.3. The molecule has 1 nitrogen and oxygen atoms in total. The minimum Gasteiger partial charge on any atom is -0.493 e. The highest BCUT2D eigenvalue weighted by atomic mass is 79.9. The van der Waals surface area contributed by atoms with Crippen LogP contribution in [-0.2, 0) is 5.33 Å². The quantitative estimate of drug-likeness (QED) is 0.358. The number of halogens is 2. The third kappa shape index (κ3) is 4.86. The zero-order chi connectivity index (χ0) is 13.5. The average molecular weight is 402 g/mol. The van der Waals surface area contributed by atoms with E-state index in [1.54, 1.807) is 0 Å². The van der Waals surface area contributed by atoms with E-state index in [0.29, 0.717) is 6.61 Å². The van der Waals surface area contributed by atoms with Crippen molar-refractivity contribution >= 4 is 43.6 Å². The minimum atomic E-state index is 0.711. The molecule has 0 N–H and O–H groups in total. The first-order valence-corrected chi connectivity index (χ1v) is 8.84. The molecule has 4 heteroatoms. The summed E-state index contributed by atoms with van der Waals surface area (Å²) in [6.45, 7) is 0.711. The molecule has 0 fully saturated rings. The van der Waals surface area contributed by atoms with Gasteiger partial charge in [-0.25, -0.2) is 0 Å². The molecule has 0 saturated heterocycles. The summed E-state index contributed by atoms with van der Waals surface area (Å²) in [6.07, 6.45) is 0. The van der Waals surface area contributed by atoms with Crippen molar-refractivity contribution in [2.24, 2.45) is 0 Å². The number of hydrogen-bond acceptors (Lipinski definition) is 2. The number of alkyl halides is 1. The zero-order valence-corrected chi connectivity index (χ0v) is 14.3. The van der Waals surface area contributed by atoms with Gasteiger partial charge in [0.1, 0.15) is 5.75 Å². The van der Waals surface area contributed by atoms with E-state index >= 15 is 0 Å². The lowest BCUT2D eigenvalue weighted by molar-refractivity contribution is 0.343. The molecule has 100 valence electrons. The summed E-state index contributed by atoms with van der Waals surface area (Å²) in [6, 6.07) is 16.5. The van der Waals surface area contributed by atoms with Gasteiger partial charge in [0.25, 0.3) is 0 Å². The summed E-state index contributed by atoms with van der Waals surface area (Å²) in [5.74, 6) is 1.87. The summed E-state index contributed by atoms with van der Waals surface area (Å²) in [5.41, 5.74) is 1.20. The van der Waals surface area contributed by atoms with E-state index in [9.17, 15) is 0 Å². The lowest BCUT2D eigenvalue weighted by Crippen LogP contribution is -2.00. The van der Waals surface area contributed by atoms with Crippen molar-refractivity contribution in [2.45, 2.75) is 10.2 Å². The Morgan fingerprint density at radius 2 is 1.84 bits per heavy atom. The molecular formula is C15H14Br2OS. The van der Waals surface area contributed by atoms with Crippen LogP contribution < -0.4 is 4.74 Å². The Bertz CT molecular complexity index is 517. The van der Waals surface area contributed by atoms with Crippen molar-refractivity contribution in [3.05, 3.63) is 58.6 Å². The molecule has 0 aromatic heterocycles. The van der Waals surface area contributed by atoms with E-state index in [1.807, 2.05) is 30.0 Å². The van der Waals surface area contributed by atoms with Crippen LogP contribution in [0.4, 0.5) is 0 Å². The topological polar surface area (TPSA) is 9.23 Å². The Balaban J connectivity index is 1.80. The van der Waals surface area contributed by atoms with Gasteiger partial charge in [-0.05, 0) is 35.9 Å². The van der Waals surface area contributed by atoms with Gasteiger partial charge in [-0.3, -0.25) is 0 Å². The second kappa shape index (κ2) is 7.98. The van der Waals surface area contributed by atoms with E-state index in [-0.39, 0.29) is 0 Å². The van der Waals surface area contributed by atoms with Crippen molar-refractivity contribution in [3.8, 4) is 5.75 Å². The van der Waals surface area contributed by atoms with Crippen molar-refractivity contribution in [1.29, 1.82) is 0 Å². The predicted octanol–water partition coefficient (Wildman–Crippen LogP) is 5.52. The molecule has 0 aliphatic carbocycles. The van der Waals surface area contributed by atoms with Crippen LogP contribution in [0.5, 0.6) is 5.75 Å². The van der Waals surface area contributed by atoms with Crippen LogP contribution >= 0.6 is 43.6 Å². The summed E-state index contributed by atoms with van der Waals surface area (Å²) < 4.78 is 6.87. The molecule has 19 heavy (non-hydrogen) atoms. The number of thioether (sulfide) groups is 1. The van der Waals surface area contributed by atoms with E-state index < -0.39 is 0 Å². The monoisotopic (exact) mass is 400 g/mol. The molecule has 0 saturated carbocycles. The summed E-state index contributed by atoms with van der Waals surface area (Å²) in [4.78, 5) is 1.28. The van der Waals surface area contributed by atoms with Crippen molar-refractivity contribution in [1.82, 2.24) is 0 Å². The van der Waals surface area contributed by atoms with E-state index in [2.05, 4.69) is 62.2 Å². The molecular weight excluding hydrogens is 388 g/mol. The van der Waals surface area contributed by atoms with Gasteiger partial charge in [0, 0.05) is 20.5 Å². The molecule has 2 aromatic carbocycles. The number of hydrogen-bond donors (Lipinski definition) is 0. The maximum atomic E-state index is 5.76. The predicted molar refractivity (Wildman–Crippen MR) is 89.4 cm³/mol. The fourth-order valence-corrected chi connectivity index (χ4v) is 3.56.